The predicted molar refractivity (Wildman–Crippen MR) is 107 cm³/mol. The topological polar surface area (TPSA) is 108 Å². The molecule has 0 saturated carbocycles. The molecule has 3 N–H and O–H groups in total. The molecule has 0 aliphatic heterocycles. The van der Waals surface area contributed by atoms with Crippen LogP contribution in [0, 0.1) is 0 Å². The van der Waals surface area contributed by atoms with Crippen LogP contribution in [0.25, 0.3) is 0 Å². The average Bonchev–Trinajstić information content (AvgIpc) is 2.72. The number of carbonyl (C=O) groups excluding carboxylic acids is 2. The number of hydrogen-bond donors (Lipinski definition) is 3. The van der Waals surface area contributed by atoms with Crippen LogP contribution in [0.15, 0.2) is 54.6 Å². The lowest BCUT2D eigenvalue weighted by Crippen LogP contribution is -2.40. The zero-order chi connectivity index (χ0) is 21.2. The van der Waals surface area contributed by atoms with E-state index in [1.807, 2.05) is 30.3 Å². The lowest BCUT2D eigenvalue weighted by molar-refractivity contribution is -0.142. The SMILES string of the molecule is COc1ccc(C(NC(=O)CCNC(=O)N(C)Cc2ccccc2)C(=O)O)cc1. The van der Waals surface area contributed by atoms with Crippen molar-refractivity contribution in [1.82, 2.24) is 15.5 Å². The summed E-state index contributed by atoms with van der Waals surface area (Å²) in [7, 11) is 3.17. The molecule has 29 heavy (non-hydrogen) atoms. The number of hydrogen-bond acceptors (Lipinski definition) is 4. The summed E-state index contributed by atoms with van der Waals surface area (Å²) in [5, 5.41) is 14.5. The Balaban J connectivity index is 1.81. The molecular weight excluding hydrogens is 374 g/mol. The Labute approximate surface area is 169 Å². The molecule has 154 valence electrons. The minimum atomic E-state index is -1.18. The number of nitrogens with zero attached hydrogens (tertiary/aromatic N) is 1. The summed E-state index contributed by atoms with van der Waals surface area (Å²) < 4.78 is 5.04. The maximum absolute atomic E-state index is 12.1. The summed E-state index contributed by atoms with van der Waals surface area (Å²) in [5.41, 5.74) is 1.42. The van der Waals surface area contributed by atoms with E-state index in [1.54, 1.807) is 31.3 Å². The van der Waals surface area contributed by atoms with E-state index in [-0.39, 0.29) is 19.0 Å². The third-order valence-corrected chi connectivity index (χ3v) is 4.24. The zero-order valence-corrected chi connectivity index (χ0v) is 16.4. The van der Waals surface area contributed by atoms with Crippen LogP contribution >= 0.6 is 0 Å². The van der Waals surface area contributed by atoms with Gasteiger partial charge in [0.15, 0.2) is 6.04 Å². The number of carbonyl (C=O) groups is 3. The van der Waals surface area contributed by atoms with Gasteiger partial charge in [-0.25, -0.2) is 9.59 Å². The molecule has 0 bridgehead atoms. The number of carboxylic acids is 1. The van der Waals surface area contributed by atoms with Gasteiger partial charge < -0.3 is 25.4 Å². The number of aliphatic carboxylic acids is 1. The highest BCUT2D eigenvalue weighted by Crippen LogP contribution is 2.18. The van der Waals surface area contributed by atoms with Crippen molar-refractivity contribution in [2.24, 2.45) is 0 Å². The molecule has 1 unspecified atom stereocenters. The molecule has 0 aliphatic carbocycles. The van der Waals surface area contributed by atoms with Crippen molar-refractivity contribution in [3.05, 3.63) is 65.7 Å². The third-order valence-electron chi connectivity index (χ3n) is 4.24. The van der Waals surface area contributed by atoms with E-state index in [9.17, 15) is 19.5 Å². The third kappa shape index (κ3) is 6.84. The lowest BCUT2D eigenvalue weighted by Gasteiger charge is -2.18. The Bertz CT molecular complexity index is 824. The van der Waals surface area contributed by atoms with Gasteiger partial charge in [0, 0.05) is 26.6 Å². The van der Waals surface area contributed by atoms with E-state index >= 15 is 0 Å². The van der Waals surface area contributed by atoms with Crippen molar-refractivity contribution in [2.45, 2.75) is 19.0 Å². The molecule has 0 aliphatic rings. The van der Waals surface area contributed by atoms with Gasteiger partial charge in [-0.3, -0.25) is 4.79 Å². The first-order valence-corrected chi connectivity index (χ1v) is 9.09. The Morgan fingerprint density at radius 3 is 2.31 bits per heavy atom. The predicted octanol–water partition coefficient (Wildman–Crippen LogP) is 2.17. The van der Waals surface area contributed by atoms with Gasteiger partial charge in [-0.05, 0) is 23.3 Å². The number of benzene rings is 2. The largest absolute Gasteiger partial charge is 0.497 e. The molecule has 3 amide bonds. The fraction of sp³-hybridized carbons (Fsp3) is 0.286. The standard InChI is InChI=1S/C21H25N3O5/c1-24(14-15-6-4-3-5-7-15)21(28)22-13-12-18(25)23-19(20(26)27)16-8-10-17(29-2)11-9-16/h3-11,19H,12-14H2,1-2H3,(H,22,28)(H,23,25)(H,26,27). The second kappa shape index (κ2) is 10.7. The van der Waals surface area contributed by atoms with Crippen molar-refractivity contribution in [3.63, 3.8) is 0 Å². The van der Waals surface area contributed by atoms with E-state index in [2.05, 4.69) is 10.6 Å². The van der Waals surface area contributed by atoms with Gasteiger partial charge in [0.1, 0.15) is 5.75 Å². The fourth-order valence-corrected chi connectivity index (χ4v) is 2.66. The van der Waals surface area contributed by atoms with E-state index in [0.29, 0.717) is 17.9 Å². The van der Waals surface area contributed by atoms with Gasteiger partial charge in [0.05, 0.1) is 7.11 Å². The summed E-state index contributed by atoms with van der Waals surface area (Å²) in [5.74, 6) is -1.05. The number of amides is 3. The van der Waals surface area contributed by atoms with Crippen LogP contribution in [0.5, 0.6) is 5.75 Å². The average molecular weight is 399 g/mol. The molecule has 0 aromatic heterocycles. The van der Waals surface area contributed by atoms with Gasteiger partial charge in [-0.1, -0.05) is 42.5 Å². The Morgan fingerprint density at radius 2 is 1.72 bits per heavy atom. The van der Waals surface area contributed by atoms with Gasteiger partial charge in [0.25, 0.3) is 0 Å². The normalized spacial score (nSPS) is 11.2. The molecule has 0 heterocycles. The fourth-order valence-electron chi connectivity index (χ4n) is 2.66. The van der Waals surface area contributed by atoms with Crippen LogP contribution in [-0.2, 0) is 16.1 Å². The minimum Gasteiger partial charge on any atom is -0.497 e. The summed E-state index contributed by atoms with van der Waals surface area (Å²) in [6, 6.07) is 14.5. The van der Waals surface area contributed by atoms with Crippen LogP contribution in [0.4, 0.5) is 4.79 Å². The highest BCUT2D eigenvalue weighted by molar-refractivity contribution is 5.85. The van der Waals surface area contributed by atoms with E-state index in [0.717, 1.165) is 5.56 Å². The maximum atomic E-state index is 12.1. The van der Waals surface area contributed by atoms with Gasteiger partial charge in [-0.2, -0.15) is 0 Å². The molecule has 2 aromatic rings. The first-order valence-electron chi connectivity index (χ1n) is 9.09. The number of rotatable bonds is 9. The number of methoxy groups -OCH3 is 1. The lowest BCUT2D eigenvalue weighted by atomic mass is 10.1. The molecule has 8 heteroatoms. The van der Waals surface area contributed by atoms with E-state index < -0.39 is 17.9 Å². The number of nitrogens with one attached hydrogen (secondary N) is 2. The summed E-state index contributed by atoms with van der Waals surface area (Å²) in [4.78, 5) is 37.3. The van der Waals surface area contributed by atoms with Crippen molar-refractivity contribution >= 4 is 17.9 Å². The zero-order valence-electron chi connectivity index (χ0n) is 16.4. The maximum Gasteiger partial charge on any atom is 0.330 e. The molecule has 0 saturated heterocycles. The first kappa shape index (κ1) is 21.7. The highest BCUT2D eigenvalue weighted by atomic mass is 16.5. The number of urea groups is 1. The minimum absolute atomic E-state index is 0.0369. The molecule has 1 atom stereocenters. The quantitative estimate of drug-likeness (QED) is 0.599. The second-order valence-corrected chi connectivity index (χ2v) is 6.44. The van der Waals surface area contributed by atoms with Gasteiger partial charge in [-0.15, -0.1) is 0 Å². The molecular formula is C21H25N3O5. The van der Waals surface area contributed by atoms with Crippen molar-refractivity contribution in [3.8, 4) is 5.75 Å². The van der Waals surface area contributed by atoms with Crippen LogP contribution in [0.3, 0.4) is 0 Å². The first-order chi connectivity index (χ1) is 13.9. The van der Waals surface area contributed by atoms with Crippen LogP contribution in [0.1, 0.15) is 23.6 Å². The molecule has 2 aromatic carbocycles. The Kier molecular flexibility index (Phi) is 8.02. The smallest absolute Gasteiger partial charge is 0.330 e. The molecule has 2 rings (SSSR count). The van der Waals surface area contributed by atoms with Crippen molar-refractivity contribution in [2.75, 3.05) is 20.7 Å². The number of carboxylic acid groups (broad SMARTS) is 1. The molecule has 0 spiro atoms. The Hall–Kier alpha value is -3.55. The molecule has 0 radical (unpaired) electrons. The molecule has 8 nitrogen and oxygen atoms in total. The second-order valence-electron chi connectivity index (χ2n) is 6.44. The monoisotopic (exact) mass is 399 g/mol. The summed E-state index contributed by atoms with van der Waals surface area (Å²) in [6.45, 7) is 0.538. The van der Waals surface area contributed by atoms with E-state index in [1.165, 1.54) is 12.0 Å². The van der Waals surface area contributed by atoms with Crippen molar-refractivity contribution < 1.29 is 24.2 Å². The van der Waals surface area contributed by atoms with Crippen LogP contribution < -0.4 is 15.4 Å². The van der Waals surface area contributed by atoms with E-state index in [4.69, 9.17) is 4.74 Å². The van der Waals surface area contributed by atoms with Crippen LogP contribution in [-0.4, -0.2) is 48.6 Å². The van der Waals surface area contributed by atoms with Gasteiger partial charge in [0.2, 0.25) is 5.91 Å². The summed E-state index contributed by atoms with van der Waals surface area (Å²) >= 11 is 0. The highest BCUT2D eigenvalue weighted by Gasteiger charge is 2.22. The molecule has 0 fully saturated rings. The van der Waals surface area contributed by atoms with Crippen molar-refractivity contribution in [1.29, 1.82) is 0 Å². The Morgan fingerprint density at radius 1 is 1.07 bits per heavy atom. The van der Waals surface area contributed by atoms with Crippen LogP contribution in [0.2, 0.25) is 0 Å². The number of ether oxygens (including phenoxy) is 1. The van der Waals surface area contributed by atoms with Gasteiger partial charge >= 0.3 is 12.0 Å². The summed E-state index contributed by atoms with van der Waals surface area (Å²) in [6.07, 6.45) is -0.0369.